The van der Waals surface area contributed by atoms with Gasteiger partial charge in [-0.3, -0.25) is 19.0 Å². The number of rotatable bonds is 8. The smallest absolute Gasteiger partial charge is 0.295 e. The van der Waals surface area contributed by atoms with E-state index in [0.717, 1.165) is 16.7 Å². The molecule has 0 saturated heterocycles. The van der Waals surface area contributed by atoms with Crippen molar-refractivity contribution in [3.63, 3.8) is 0 Å². The maximum Gasteiger partial charge on any atom is 0.295 e. The first-order chi connectivity index (χ1) is 17.2. The third-order valence-corrected chi connectivity index (χ3v) is 6.65. The Balaban J connectivity index is 1.54. The molecule has 0 unspecified atom stereocenters. The highest BCUT2D eigenvalue weighted by molar-refractivity contribution is 7.92. The number of hydrogen-bond donors (Lipinski definition) is 3. The lowest BCUT2D eigenvalue weighted by Crippen LogP contribution is -2.20. The van der Waals surface area contributed by atoms with Crippen molar-refractivity contribution in [2.24, 2.45) is 0 Å². The summed E-state index contributed by atoms with van der Waals surface area (Å²) >= 11 is 0. The summed E-state index contributed by atoms with van der Waals surface area (Å²) < 4.78 is 35.5. The van der Waals surface area contributed by atoms with E-state index in [1.54, 1.807) is 23.1 Å². The molecule has 0 aliphatic heterocycles. The van der Waals surface area contributed by atoms with Crippen LogP contribution in [-0.2, 0) is 27.9 Å². The molecule has 0 aliphatic rings. The van der Waals surface area contributed by atoms with E-state index >= 15 is 0 Å². The van der Waals surface area contributed by atoms with Gasteiger partial charge in [0.25, 0.3) is 21.8 Å². The molecule has 11 nitrogen and oxygen atoms in total. The number of fused-ring (bicyclic) bond motifs is 1. The molecule has 184 valence electrons. The zero-order valence-electron chi connectivity index (χ0n) is 19.4. The van der Waals surface area contributed by atoms with Crippen LogP contribution >= 0.6 is 0 Å². The zero-order chi connectivity index (χ0) is 25.9. The number of nitrogens with zero attached hydrogens (tertiary/aromatic N) is 3. The van der Waals surface area contributed by atoms with Gasteiger partial charge >= 0.3 is 0 Å². The van der Waals surface area contributed by atoms with E-state index in [1.165, 1.54) is 31.3 Å². The van der Waals surface area contributed by atoms with Crippen LogP contribution < -0.4 is 15.4 Å². The van der Waals surface area contributed by atoms with Crippen LogP contribution in [0.5, 0.6) is 0 Å². The van der Waals surface area contributed by atoms with Crippen LogP contribution in [0.4, 0.5) is 5.82 Å². The Hall–Kier alpha value is -4.63. The van der Waals surface area contributed by atoms with Crippen LogP contribution in [0.15, 0.2) is 58.2 Å². The average molecular weight is 507 g/mol. The number of aromatic nitrogens is 3. The molecule has 2 heterocycles. The Morgan fingerprint density at radius 3 is 2.75 bits per heavy atom. The second-order valence-corrected chi connectivity index (χ2v) is 9.59. The van der Waals surface area contributed by atoms with Crippen molar-refractivity contribution in [3.8, 4) is 12.3 Å². The number of anilines is 1. The molecule has 4 rings (SSSR count). The number of terminal acetylenes is 1. The summed E-state index contributed by atoms with van der Waals surface area (Å²) in [6.45, 7) is 2.49. The fraction of sp³-hybridized carbons (Fsp3) is 0.167. The molecule has 2 aromatic heterocycles. The van der Waals surface area contributed by atoms with Gasteiger partial charge in [0.1, 0.15) is 0 Å². The highest BCUT2D eigenvalue weighted by Crippen LogP contribution is 2.30. The van der Waals surface area contributed by atoms with Gasteiger partial charge in [-0.25, -0.2) is 8.42 Å². The molecular formula is C24H22N6O5S. The molecule has 0 saturated carbocycles. The molecule has 0 radical (unpaired) electrons. The van der Waals surface area contributed by atoms with E-state index in [0.29, 0.717) is 17.5 Å². The minimum Gasteiger partial charge on any atom is -0.355 e. The second kappa shape index (κ2) is 9.93. The Bertz CT molecular complexity index is 1610. The summed E-state index contributed by atoms with van der Waals surface area (Å²) in [6, 6.07) is 9.31. The maximum absolute atomic E-state index is 13.0. The molecule has 3 N–H and O–H groups in total. The van der Waals surface area contributed by atoms with Gasteiger partial charge in [-0.15, -0.1) is 6.42 Å². The molecule has 2 amide bonds. The third kappa shape index (κ3) is 5.21. The Kier molecular flexibility index (Phi) is 6.75. The van der Waals surface area contributed by atoms with Gasteiger partial charge in [0.05, 0.1) is 23.0 Å². The number of benzene rings is 2. The molecule has 36 heavy (non-hydrogen) atoms. The molecule has 0 atom stereocenters. The van der Waals surface area contributed by atoms with Crippen molar-refractivity contribution in [1.82, 2.24) is 25.6 Å². The average Bonchev–Trinajstić information content (AvgIpc) is 3.48. The standard InChI is InChI=1S/C24H22N6O5S/c1-4-21(31)26-11-17-12-27-30(14-17)13-16-8-15(2)22-20(9-16)35-28-23(22)29-36(33,34)19-7-5-6-18(10-19)24(32)25-3/h1,5-10,12,14H,11,13H2,2-3H3,(H,25,32)(H,26,31)(H,28,29). The van der Waals surface area contributed by atoms with Gasteiger partial charge in [-0.1, -0.05) is 17.3 Å². The first kappa shape index (κ1) is 24.5. The van der Waals surface area contributed by atoms with Gasteiger partial charge in [-0.05, 0) is 48.2 Å². The number of hydrogen-bond acceptors (Lipinski definition) is 7. The molecule has 0 aliphatic carbocycles. The van der Waals surface area contributed by atoms with Gasteiger partial charge in [0, 0.05) is 30.9 Å². The van der Waals surface area contributed by atoms with Crippen molar-refractivity contribution in [1.29, 1.82) is 0 Å². The first-order valence-corrected chi connectivity index (χ1v) is 12.2. The minimum absolute atomic E-state index is 0.0463. The summed E-state index contributed by atoms with van der Waals surface area (Å²) in [5, 5.41) is 13.8. The summed E-state index contributed by atoms with van der Waals surface area (Å²) in [6.07, 6.45) is 8.45. The number of aryl methyl sites for hydroxylation is 1. The number of sulfonamides is 1. The van der Waals surface area contributed by atoms with Crippen molar-refractivity contribution >= 4 is 38.6 Å². The SMILES string of the molecule is C#CC(=O)NCc1cnn(Cc2cc(C)c3c(NS(=O)(=O)c4cccc(C(=O)NC)c4)noc3c2)c1. The monoisotopic (exact) mass is 506 g/mol. The number of nitrogens with one attached hydrogen (secondary N) is 3. The van der Waals surface area contributed by atoms with Crippen LogP contribution in [-0.4, -0.2) is 42.2 Å². The van der Waals surface area contributed by atoms with E-state index < -0.39 is 21.8 Å². The highest BCUT2D eigenvalue weighted by Gasteiger charge is 2.21. The molecular weight excluding hydrogens is 484 g/mol. The Morgan fingerprint density at radius 1 is 1.19 bits per heavy atom. The largest absolute Gasteiger partial charge is 0.355 e. The zero-order valence-corrected chi connectivity index (χ0v) is 20.2. The van der Waals surface area contributed by atoms with Crippen LogP contribution in [0.1, 0.15) is 27.0 Å². The lowest BCUT2D eigenvalue weighted by Gasteiger charge is -2.08. The predicted octanol–water partition coefficient (Wildman–Crippen LogP) is 1.79. The molecule has 12 heteroatoms. The lowest BCUT2D eigenvalue weighted by molar-refractivity contribution is -0.115. The topological polar surface area (TPSA) is 148 Å². The second-order valence-electron chi connectivity index (χ2n) is 7.90. The van der Waals surface area contributed by atoms with Crippen LogP contribution in [0.2, 0.25) is 0 Å². The Labute approximate surface area is 206 Å². The number of carbonyl (C=O) groups is 2. The van der Waals surface area contributed by atoms with Crippen molar-refractivity contribution in [2.45, 2.75) is 24.9 Å². The maximum atomic E-state index is 13.0. The van der Waals surface area contributed by atoms with E-state index in [-0.39, 0.29) is 22.8 Å². The summed E-state index contributed by atoms with van der Waals surface area (Å²) in [4.78, 5) is 23.0. The van der Waals surface area contributed by atoms with Crippen molar-refractivity contribution in [2.75, 3.05) is 11.8 Å². The summed E-state index contributed by atoms with van der Waals surface area (Å²) in [5.74, 6) is 1.13. The van der Waals surface area contributed by atoms with Gasteiger partial charge in [-0.2, -0.15) is 5.10 Å². The lowest BCUT2D eigenvalue weighted by atomic mass is 10.1. The van der Waals surface area contributed by atoms with Gasteiger partial charge in [0.2, 0.25) is 0 Å². The van der Waals surface area contributed by atoms with Crippen molar-refractivity contribution in [3.05, 3.63) is 71.0 Å². The fourth-order valence-electron chi connectivity index (χ4n) is 3.64. The minimum atomic E-state index is -4.03. The van der Waals surface area contributed by atoms with Crippen LogP contribution in [0.3, 0.4) is 0 Å². The fourth-order valence-corrected chi connectivity index (χ4v) is 4.69. The molecule has 2 aromatic carbocycles. The van der Waals surface area contributed by atoms with E-state index in [9.17, 15) is 18.0 Å². The van der Waals surface area contributed by atoms with E-state index in [1.807, 2.05) is 18.9 Å². The van der Waals surface area contributed by atoms with E-state index in [4.69, 9.17) is 10.9 Å². The quantitative estimate of drug-likeness (QED) is 0.309. The van der Waals surface area contributed by atoms with Crippen molar-refractivity contribution < 1.29 is 22.5 Å². The summed E-state index contributed by atoms with van der Waals surface area (Å²) in [5.41, 5.74) is 3.00. The first-order valence-electron chi connectivity index (χ1n) is 10.7. The normalized spacial score (nSPS) is 11.1. The highest BCUT2D eigenvalue weighted by atomic mass is 32.2. The van der Waals surface area contributed by atoms with Gasteiger partial charge in [0.15, 0.2) is 11.4 Å². The molecule has 0 fully saturated rings. The Morgan fingerprint density at radius 2 is 2.00 bits per heavy atom. The molecule has 4 aromatic rings. The number of carbonyl (C=O) groups excluding carboxylic acids is 2. The molecule has 0 bridgehead atoms. The molecule has 0 spiro atoms. The van der Waals surface area contributed by atoms with Crippen LogP contribution in [0, 0.1) is 19.3 Å². The summed E-state index contributed by atoms with van der Waals surface area (Å²) in [7, 11) is -2.57. The number of amides is 2. The van der Waals surface area contributed by atoms with Crippen LogP contribution in [0.25, 0.3) is 11.0 Å². The van der Waals surface area contributed by atoms with E-state index in [2.05, 4.69) is 25.6 Å². The van der Waals surface area contributed by atoms with Gasteiger partial charge < -0.3 is 15.2 Å². The predicted molar refractivity (Wildman–Crippen MR) is 131 cm³/mol. The third-order valence-electron chi connectivity index (χ3n) is 5.31.